The molecule has 12 N–H and O–H groups in total. The Balaban J connectivity index is 1.34. The van der Waals surface area contributed by atoms with E-state index < -0.39 is 124 Å². The molecule has 19 heteroatoms. The molecule has 17 unspecified atom stereocenters. The number of allylic oxidation sites excluding steroid dienone is 17. The first-order chi connectivity index (χ1) is 54.3. The number of aliphatic hydroxyl groups is 11. The first-order valence-corrected chi connectivity index (χ1v) is 44.6. The number of carbonyl (C=O) groups is 1. The molecule has 1 amide bonds. The van der Waals surface area contributed by atoms with Crippen LogP contribution in [0.25, 0.3) is 0 Å². The molecule has 3 rings (SSSR count). The third-order valence-electron chi connectivity index (χ3n) is 21.6. The SMILES string of the molecule is CC/C=C\C/C=C\C/C=C\C/C=C\C/C=C\C/C=C\C/C=C\CCCCCCCCCCCCCCCCCC(=O)NC(COC1OC(CO)C(OC2OC(CO)C(OC3OC(CO)C(O)C(O)C3O)C(O)C2O)C(O)C1O)C(O)/C=C/CC/C=C/CCCCCCCCCCCCCCCCCCCCCCCCC. The minimum atomic E-state index is -1.99. The van der Waals surface area contributed by atoms with Gasteiger partial charge in [-0.15, -0.1) is 0 Å². The van der Waals surface area contributed by atoms with Gasteiger partial charge in [0.15, 0.2) is 18.9 Å². The molecule has 642 valence electrons. The molecule has 0 aliphatic carbocycles. The Kier molecular flexibility index (Phi) is 64.7. The normalized spacial score (nSPS) is 25.6. The Hall–Kier alpha value is -3.55. The summed E-state index contributed by atoms with van der Waals surface area (Å²) >= 11 is 0. The van der Waals surface area contributed by atoms with Crippen LogP contribution in [0.5, 0.6) is 0 Å². The van der Waals surface area contributed by atoms with Crippen LogP contribution in [0.4, 0.5) is 0 Å². The van der Waals surface area contributed by atoms with Gasteiger partial charge in [-0.2, -0.15) is 0 Å². The molecule has 0 aromatic carbocycles. The fraction of sp³-hybridized carbons (Fsp3) is 0.793. The van der Waals surface area contributed by atoms with Gasteiger partial charge < -0.3 is 89.9 Å². The summed E-state index contributed by atoms with van der Waals surface area (Å²) in [5.74, 6) is -0.285. The van der Waals surface area contributed by atoms with E-state index in [0.29, 0.717) is 12.8 Å². The summed E-state index contributed by atoms with van der Waals surface area (Å²) in [6.45, 7) is 1.64. The van der Waals surface area contributed by atoms with Crippen molar-refractivity contribution in [2.24, 2.45) is 0 Å². The molecule has 19 nitrogen and oxygen atoms in total. The second kappa shape index (κ2) is 70.6. The third-order valence-corrected chi connectivity index (χ3v) is 21.6. The zero-order valence-electron chi connectivity index (χ0n) is 69.2. The van der Waals surface area contributed by atoms with E-state index >= 15 is 0 Å². The van der Waals surface area contributed by atoms with E-state index in [0.717, 1.165) is 89.9 Å². The van der Waals surface area contributed by atoms with Crippen molar-refractivity contribution in [1.82, 2.24) is 5.32 Å². The van der Waals surface area contributed by atoms with E-state index in [9.17, 15) is 61.0 Å². The van der Waals surface area contributed by atoms with Crippen LogP contribution in [0.1, 0.15) is 335 Å². The number of amides is 1. The zero-order valence-corrected chi connectivity index (χ0v) is 69.2. The van der Waals surface area contributed by atoms with E-state index in [4.69, 9.17) is 28.4 Å². The summed E-state index contributed by atoms with van der Waals surface area (Å²) in [5.41, 5.74) is 0. The fourth-order valence-electron chi connectivity index (χ4n) is 14.5. The maximum absolute atomic E-state index is 13.5. The molecule has 111 heavy (non-hydrogen) atoms. The molecule has 0 spiro atoms. The van der Waals surface area contributed by atoms with Crippen LogP contribution in [0, 0.1) is 0 Å². The highest BCUT2D eigenvalue weighted by molar-refractivity contribution is 5.76. The van der Waals surface area contributed by atoms with E-state index in [1.165, 1.54) is 212 Å². The number of hydrogen-bond acceptors (Lipinski definition) is 18. The minimum Gasteiger partial charge on any atom is -0.394 e. The molecule has 0 saturated carbocycles. The van der Waals surface area contributed by atoms with Gasteiger partial charge >= 0.3 is 0 Å². The topological polar surface area (TPSA) is 307 Å². The third kappa shape index (κ3) is 49.3. The second-order valence-electron chi connectivity index (χ2n) is 31.3. The molecule has 17 atom stereocenters. The Labute approximate surface area is 672 Å². The van der Waals surface area contributed by atoms with Gasteiger partial charge in [-0.3, -0.25) is 4.79 Å². The second-order valence-corrected chi connectivity index (χ2v) is 31.3. The standard InChI is InChI=1S/C92H161NO18/c1-3-5-7-9-11-13-15-17-19-21-23-25-27-29-31-33-34-35-36-37-38-39-40-42-44-46-48-50-52-54-56-58-60-62-64-66-68-70-80(98)93-75(76(97)69-67-65-63-61-59-57-55-53-51-49-47-45-43-41-32-30-28-26-24-22-20-18-16-14-12-10-8-6-4-2)74-106-90-86(104)83(101)88(78(72-95)108-90)111-92-87(105)84(102)89(79(73-96)109-92)110-91-85(103)82(100)81(99)77(71-94)107-91/h5,7,11,13,17,19,23,25,29,31,34-35,37-38,59,61,67,69,75-79,81-92,94-97,99-105H,3-4,6,8-10,12,14-16,18,20-22,24,26-28,30,32-33,36,39-58,60,62-66,68,70-74H2,1-2H3,(H,93,98)/b7-5-,13-11-,19-17-,25-23-,31-29-,35-34-,38-37-,61-59+,69-67+. The van der Waals surface area contributed by atoms with Crippen LogP contribution < -0.4 is 5.32 Å². The van der Waals surface area contributed by atoms with Crippen LogP contribution in [0.15, 0.2) is 109 Å². The van der Waals surface area contributed by atoms with Crippen molar-refractivity contribution in [3.05, 3.63) is 109 Å². The van der Waals surface area contributed by atoms with Crippen LogP contribution in [-0.4, -0.2) is 193 Å². The largest absolute Gasteiger partial charge is 0.394 e. The van der Waals surface area contributed by atoms with Crippen LogP contribution in [-0.2, 0) is 33.2 Å². The number of rotatable bonds is 71. The lowest BCUT2D eigenvalue weighted by molar-refractivity contribution is -0.379. The lowest BCUT2D eigenvalue weighted by Gasteiger charge is -2.48. The molecule has 0 radical (unpaired) electrons. The van der Waals surface area contributed by atoms with E-state index in [1.54, 1.807) is 6.08 Å². The molecule has 3 heterocycles. The smallest absolute Gasteiger partial charge is 0.220 e. The molecule has 3 saturated heterocycles. The fourth-order valence-corrected chi connectivity index (χ4v) is 14.5. The van der Waals surface area contributed by atoms with Crippen LogP contribution in [0.2, 0.25) is 0 Å². The van der Waals surface area contributed by atoms with Gasteiger partial charge in [-0.05, 0) is 89.9 Å². The lowest BCUT2D eigenvalue weighted by atomic mass is 9.96. The summed E-state index contributed by atoms with van der Waals surface area (Å²) < 4.78 is 34.5. The highest BCUT2D eigenvalue weighted by Gasteiger charge is 2.54. The van der Waals surface area contributed by atoms with Crippen molar-refractivity contribution in [1.29, 1.82) is 0 Å². The van der Waals surface area contributed by atoms with Gasteiger partial charge in [0.05, 0.1) is 38.6 Å². The molecular weight excluding hydrogens is 1410 g/mol. The first-order valence-electron chi connectivity index (χ1n) is 44.6. The van der Waals surface area contributed by atoms with Gasteiger partial charge in [0, 0.05) is 6.42 Å². The summed E-state index contributed by atoms with van der Waals surface area (Å²) in [6, 6.07) is -0.998. The van der Waals surface area contributed by atoms with Crippen molar-refractivity contribution < 1.29 is 89.4 Å². The molecular formula is C92H161NO18. The summed E-state index contributed by atoms with van der Waals surface area (Å²) in [7, 11) is 0. The monoisotopic (exact) mass is 1570 g/mol. The molecule has 0 aromatic rings. The average molecular weight is 1570 g/mol. The van der Waals surface area contributed by atoms with Crippen molar-refractivity contribution in [2.45, 2.75) is 439 Å². The molecule has 0 aromatic heterocycles. The Bertz CT molecular complexity index is 2430. The number of carbonyl (C=O) groups excluding carboxylic acids is 1. The molecule has 3 fully saturated rings. The van der Waals surface area contributed by atoms with E-state index in [-0.39, 0.29) is 18.9 Å². The quantitative estimate of drug-likeness (QED) is 0.0199. The van der Waals surface area contributed by atoms with Gasteiger partial charge in [0.25, 0.3) is 0 Å². The summed E-state index contributed by atoms with van der Waals surface area (Å²) in [4.78, 5) is 13.5. The Morgan fingerprint density at radius 2 is 0.631 bits per heavy atom. The summed E-state index contributed by atoms with van der Waals surface area (Å²) in [5, 5.41) is 121. The number of ether oxygens (including phenoxy) is 6. The lowest BCUT2D eigenvalue weighted by Crippen LogP contribution is -2.66. The Morgan fingerprint density at radius 3 is 1.01 bits per heavy atom. The van der Waals surface area contributed by atoms with Crippen molar-refractivity contribution in [2.75, 3.05) is 26.4 Å². The van der Waals surface area contributed by atoms with Crippen molar-refractivity contribution in [3.8, 4) is 0 Å². The Morgan fingerprint density at radius 1 is 0.333 bits per heavy atom. The van der Waals surface area contributed by atoms with Crippen LogP contribution in [0.3, 0.4) is 0 Å². The highest BCUT2D eigenvalue weighted by Crippen LogP contribution is 2.33. The maximum atomic E-state index is 13.5. The van der Waals surface area contributed by atoms with Crippen LogP contribution >= 0.6 is 0 Å². The van der Waals surface area contributed by atoms with Gasteiger partial charge in [0.2, 0.25) is 5.91 Å². The highest BCUT2D eigenvalue weighted by atomic mass is 16.8. The number of nitrogens with one attached hydrogen (secondary N) is 1. The number of unbranched alkanes of at least 4 members (excludes halogenated alkanes) is 39. The zero-order chi connectivity index (χ0) is 80.3. The molecule has 0 bridgehead atoms. The summed E-state index contributed by atoms with van der Waals surface area (Å²) in [6.07, 6.45) is 72.3. The predicted octanol–water partition coefficient (Wildman–Crippen LogP) is 16.8. The predicted molar refractivity (Wildman–Crippen MR) is 447 cm³/mol. The number of aliphatic hydroxyl groups excluding tert-OH is 11. The van der Waals surface area contributed by atoms with Gasteiger partial charge in [0.1, 0.15) is 73.2 Å². The minimum absolute atomic E-state index is 0.231. The maximum Gasteiger partial charge on any atom is 0.220 e. The van der Waals surface area contributed by atoms with Gasteiger partial charge in [-0.1, -0.05) is 348 Å². The average Bonchev–Trinajstić information content (AvgIpc) is 0.779. The molecule has 3 aliphatic heterocycles. The molecule has 3 aliphatic rings. The van der Waals surface area contributed by atoms with Crippen molar-refractivity contribution >= 4 is 5.91 Å². The first kappa shape index (κ1) is 102. The van der Waals surface area contributed by atoms with Crippen molar-refractivity contribution in [3.63, 3.8) is 0 Å². The van der Waals surface area contributed by atoms with E-state index in [2.05, 4.69) is 116 Å². The van der Waals surface area contributed by atoms with Gasteiger partial charge in [-0.25, -0.2) is 0 Å². The number of hydrogen-bond donors (Lipinski definition) is 12. The van der Waals surface area contributed by atoms with E-state index in [1.807, 2.05) is 6.08 Å².